The largest absolute Gasteiger partial charge is 0.477 e. The molecule has 1 atom stereocenters. The predicted octanol–water partition coefficient (Wildman–Crippen LogP) is 4.67. The quantitative estimate of drug-likeness (QED) is 0.563. The number of carbonyl (C=O) groups excluding carboxylic acids is 1. The second kappa shape index (κ2) is 8.47. The maximum absolute atomic E-state index is 12.3. The Balaban J connectivity index is 1.43. The highest BCUT2D eigenvalue weighted by molar-refractivity contribution is 6.30. The van der Waals surface area contributed by atoms with Crippen molar-refractivity contribution >= 4 is 23.7 Å². The minimum absolute atomic E-state index is 0.0765. The Morgan fingerprint density at radius 1 is 0.933 bits per heavy atom. The molecule has 0 heterocycles. The second-order valence-electron chi connectivity index (χ2n) is 6.76. The van der Waals surface area contributed by atoms with Gasteiger partial charge in [0, 0.05) is 10.9 Å². The number of carboxylic acid groups (broad SMARTS) is 1. The molecule has 0 radical (unpaired) electrons. The first-order valence-corrected chi connectivity index (χ1v) is 9.67. The Morgan fingerprint density at radius 3 is 2.07 bits per heavy atom. The zero-order valence-corrected chi connectivity index (χ0v) is 16.5. The molecule has 1 amide bonds. The first kappa shape index (κ1) is 19.8. The second-order valence-corrected chi connectivity index (χ2v) is 7.20. The van der Waals surface area contributed by atoms with Crippen molar-refractivity contribution in [2.75, 3.05) is 6.61 Å². The molecule has 30 heavy (non-hydrogen) atoms. The zero-order chi connectivity index (χ0) is 21.1. The Labute approximate surface area is 178 Å². The first-order chi connectivity index (χ1) is 14.5. The van der Waals surface area contributed by atoms with Crippen molar-refractivity contribution in [3.63, 3.8) is 0 Å². The van der Waals surface area contributed by atoms with Gasteiger partial charge >= 0.3 is 12.1 Å². The number of fused-ring (bicyclic) bond motifs is 3. The smallest absolute Gasteiger partial charge is 0.410 e. The Morgan fingerprint density at radius 2 is 1.50 bits per heavy atom. The van der Waals surface area contributed by atoms with Gasteiger partial charge in [0.25, 0.3) is 6.23 Å². The van der Waals surface area contributed by atoms with Crippen LogP contribution in [0.2, 0.25) is 5.02 Å². The summed E-state index contributed by atoms with van der Waals surface area (Å²) in [6.07, 6.45) is -2.47. The number of hydrogen-bond donors (Lipinski definition) is 2. The van der Waals surface area contributed by atoms with Crippen LogP contribution >= 0.6 is 11.6 Å². The molecule has 0 unspecified atom stereocenters. The minimum Gasteiger partial charge on any atom is -0.477 e. The molecule has 1 aliphatic carbocycles. The number of carbonyl (C=O) groups is 2. The van der Waals surface area contributed by atoms with E-state index in [0.717, 1.165) is 22.3 Å². The van der Waals surface area contributed by atoms with E-state index in [1.807, 2.05) is 48.5 Å². The number of amides is 1. The van der Waals surface area contributed by atoms with Gasteiger partial charge in [-0.25, -0.2) is 9.59 Å². The number of nitrogens with one attached hydrogen (secondary N) is 1. The average molecular weight is 424 g/mol. The van der Waals surface area contributed by atoms with Crippen molar-refractivity contribution in [2.45, 2.75) is 12.1 Å². The Kier molecular flexibility index (Phi) is 5.59. The third kappa shape index (κ3) is 4.09. The fraction of sp³-hybridized carbons (Fsp3) is 0.130. The monoisotopic (exact) mass is 423 g/mol. The molecule has 6 nitrogen and oxygen atoms in total. The number of carboxylic acids is 1. The Hall–Kier alpha value is -3.51. The molecule has 0 aliphatic heterocycles. The number of alkyl carbamates (subject to hydrolysis) is 1. The van der Waals surface area contributed by atoms with E-state index in [9.17, 15) is 14.7 Å². The van der Waals surface area contributed by atoms with Crippen LogP contribution in [0, 0.1) is 0 Å². The summed E-state index contributed by atoms with van der Waals surface area (Å²) in [5.74, 6) is -1.21. The number of halogens is 1. The molecule has 1 aliphatic rings. The summed E-state index contributed by atoms with van der Waals surface area (Å²) < 4.78 is 10.7. The maximum Gasteiger partial charge on any atom is 0.410 e. The van der Waals surface area contributed by atoms with Crippen LogP contribution < -0.4 is 10.1 Å². The number of aliphatic carboxylic acids is 1. The lowest BCUT2D eigenvalue weighted by molar-refractivity contribution is -0.146. The summed E-state index contributed by atoms with van der Waals surface area (Å²) >= 11 is 5.81. The number of benzene rings is 3. The highest BCUT2D eigenvalue weighted by Crippen LogP contribution is 2.44. The van der Waals surface area contributed by atoms with E-state index >= 15 is 0 Å². The first-order valence-electron chi connectivity index (χ1n) is 9.29. The molecule has 7 heteroatoms. The van der Waals surface area contributed by atoms with Gasteiger partial charge in [-0.3, -0.25) is 5.32 Å². The van der Waals surface area contributed by atoms with E-state index in [-0.39, 0.29) is 18.3 Å². The molecule has 0 spiro atoms. The van der Waals surface area contributed by atoms with Crippen molar-refractivity contribution in [3.05, 3.63) is 88.9 Å². The highest BCUT2D eigenvalue weighted by atomic mass is 35.5. The van der Waals surface area contributed by atoms with E-state index in [1.165, 1.54) is 12.1 Å². The van der Waals surface area contributed by atoms with Crippen LogP contribution in [-0.4, -0.2) is 30.0 Å². The van der Waals surface area contributed by atoms with Crippen LogP contribution in [0.4, 0.5) is 4.79 Å². The number of hydrogen-bond acceptors (Lipinski definition) is 4. The lowest BCUT2D eigenvalue weighted by Gasteiger charge is -2.18. The summed E-state index contributed by atoms with van der Waals surface area (Å²) in [7, 11) is 0. The summed E-state index contributed by atoms with van der Waals surface area (Å²) in [5, 5.41) is 12.1. The van der Waals surface area contributed by atoms with Crippen molar-refractivity contribution in [3.8, 4) is 16.9 Å². The third-order valence-corrected chi connectivity index (χ3v) is 5.14. The van der Waals surface area contributed by atoms with Gasteiger partial charge < -0.3 is 14.6 Å². The predicted molar refractivity (Wildman–Crippen MR) is 112 cm³/mol. The SMILES string of the molecule is O=C(N[C@H](Oc1ccc(Cl)cc1)C(=O)O)OCC1c2ccccc2-c2ccccc21. The average Bonchev–Trinajstić information content (AvgIpc) is 3.07. The molecular weight excluding hydrogens is 406 g/mol. The van der Waals surface area contributed by atoms with Crippen LogP contribution in [0.15, 0.2) is 72.8 Å². The topological polar surface area (TPSA) is 84.9 Å². The molecule has 3 aromatic carbocycles. The van der Waals surface area contributed by atoms with Gasteiger partial charge in [0.15, 0.2) is 0 Å². The highest BCUT2D eigenvalue weighted by Gasteiger charge is 2.30. The van der Waals surface area contributed by atoms with Gasteiger partial charge in [-0.2, -0.15) is 0 Å². The van der Waals surface area contributed by atoms with Crippen molar-refractivity contribution in [2.24, 2.45) is 0 Å². The fourth-order valence-electron chi connectivity index (χ4n) is 3.54. The van der Waals surface area contributed by atoms with Gasteiger partial charge in [0.1, 0.15) is 12.4 Å². The van der Waals surface area contributed by atoms with Crippen molar-refractivity contribution < 1.29 is 24.2 Å². The van der Waals surface area contributed by atoms with E-state index < -0.39 is 18.3 Å². The van der Waals surface area contributed by atoms with Crippen LogP contribution in [0.1, 0.15) is 17.0 Å². The van der Waals surface area contributed by atoms with Gasteiger partial charge in [-0.1, -0.05) is 60.1 Å². The van der Waals surface area contributed by atoms with E-state index in [0.29, 0.717) is 5.02 Å². The minimum atomic E-state index is -1.60. The lowest BCUT2D eigenvalue weighted by Crippen LogP contribution is -2.45. The number of ether oxygens (including phenoxy) is 2. The molecule has 0 fully saturated rings. The molecule has 3 aromatic rings. The third-order valence-electron chi connectivity index (χ3n) is 4.88. The summed E-state index contributed by atoms with van der Waals surface area (Å²) in [6.45, 7) is 0.0765. The summed E-state index contributed by atoms with van der Waals surface area (Å²) in [5.41, 5.74) is 4.35. The normalized spacial score (nSPS) is 13.1. The van der Waals surface area contributed by atoms with Crippen LogP contribution in [0.3, 0.4) is 0 Å². The molecule has 0 aromatic heterocycles. The van der Waals surface area contributed by atoms with E-state index in [2.05, 4.69) is 5.32 Å². The lowest BCUT2D eigenvalue weighted by atomic mass is 9.98. The van der Waals surface area contributed by atoms with E-state index in [1.54, 1.807) is 12.1 Å². The van der Waals surface area contributed by atoms with Gasteiger partial charge in [0.2, 0.25) is 0 Å². The fourth-order valence-corrected chi connectivity index (χ4v) is 3.66. The zero-order valence-electron chi connectivity index (χ0n) is 15.7. The molecule has 152 valence electrons. The van der Waals surface area contributed by atoms with Crippen LogP contribution in [-0.2, 0) is 9.53 Å². The van der Waals surface area contributed by atoms with Crippen molar-refractivity contribution in [1.29, 1.82) is 0 Å². The summed E-state index contributed by atoms with van der Waals surface area (Å²) in [6, 6.07) is 22.0. The standard InChI is InChI=1S/C23H18ClNO5/c24-14-9-11-15(12-10-14)30-21(22(26)27)25-23(28)29-13-20-18-7-3-1-5-16(18)17-6-2-4-8-19(17)20/h1-12,20-21H,13H2,(H,25,28)(H,26,27)/t21-/m1/s1. The van der Waals surface area contributed by atoms with Crippen LogP contribution in [0.25, 0.3) is 11.1 Å². The molecule has 0 saturated carbocycles. The molecule has 2 N–H and O–H groups in total. The van der Waals surface area contributed by atoms with Gasteiger partial charge in [-0.05, 0) is 46.5 Å². The van der Waals surface area contributed by atoms with Gasteiger partial charge in [0.05, 0.1) is 0 Å². The molecular formula is C23H18ClNO5. The van der Waals surface area contributed by atoms with Gasteiger partial charge in [-0.15, -0.1) is 0 Å². The maximum atomic E-state index is 12.3. The molecule has 0 saturated heterocycles. The molecule has 0 bridgehead atoms. The molecule has 4 rings (SSSR count). The Bertz CT molecular complexity index is 1040. The summed E-state index contributed by atoms with van der Waals surface area (Å²) in [4.78, 5) is 23.8. The van der Waals surface area contributed by atoms with E-state index in [4.69, 9.17) is 21.1 Å². The van der Waals surface area contributed by atoms with Crippen molar-refractivity contribution in [1.82, 2.24) is 5.32 Å². The van der Waals surface area contributed by atoms with Crippen LogP contribution in [0.5, 0.6) is 5.75 Å². The number of rotatable bonds is 6.